The number of para-hydroxylation sites is 1. The minimum absolute atomic E-state index is 0.696. The van der Waals surface area contributed by atoms with Gasteiger partial charge in [0.1, 0.15) is 5.65 Å². The van der Waals surface area contributed by atoms with Crippen molar-refractivity contribution >= 4 is 43.7 Å². The van der Waals surface area contributed by atoms with Crippen molar-refractivity contribution in [1.82, 2.24) is 19.1 Å². The Balaban J connectivity index is 1.25. The molecule has 3 heterocycles. The van der Waals surface area contributed by atoms with Crippen molar-refractivity contribution in [3.63, 3.8) is 0 Å². The molecule has 3 aromatic heterocycles. The first kappa shape index (κ1) is 31.9. The van der Waals surface area contributed by atoms with Crippen LogP contribution in [0.15, 0.2) is 206 Å². The van der Waals surface area contributed by atoms with Gasteiger partial charge in [0.25, 0.3) is 0 Å². The average Bonchev–Trinajstić information content (AvgIpc) is 3.79. The van der Waals surface area contributed by atoms with Crippen molar-refractivity contribution in [2.24, 2.45) is 0 Å². The Morgan fingerprint density at radius 2 is 0.804 bits per heavy atom. The highest BCUT2D eigenvalue weighted by atomic mass is 15.1. The minimum atomic E-state index is 0.696. The van der Waals surface area contributed by atoms with Crippen molar-refractivity contribution in [2.45, 2.75) is 0 Å². The molecule has 0 atom stereocenters. The van der Waals surface area contributed by atoms with Crippen molar-refractivity contribution in [1.29, 1.82) is 0 Å². The van der Waals surface area contributed by atoms with Gasteiger partial charge in [0.2, 0.25) is 0 Å². The molecule has 0 saturated carbocycles. The second-order valence-electron chi connectivity index (χ2n) is 14.2. The van der Waals surface area contributed by atoms with Crippen LogP contribution in [0.3, 0.4) is 0 Å². The molecule has 0 bridgehead atoms. The van der Waals surface area contributed by atoms with Gasteiger partial charge in [-0.3, -0.25) is 4.57 Å². The van der Waals surface area contributed by atoms with Crippen LogP contribution in [0.4, 0.5) is 0 Å². The molecule has 0 fully saturated rings. The highest BCUT2D eigenvalue weighted by Crippen LogP contribution is 2.42. The monoisotopic (exact) mass is 714 g/mol. The number of nitrogens with zero attached hydrogens (tertiary/aromatic N) is 4. The molecule has 0 aliphatic rings. The third-order valence-electron chi connectivity index (χ3n) is 10.9. The Morgan fingerprint density at radius 1 is 0.304 bits per heavy atom. The maximum atomic E-state index is 5.37. The number of benzene rings is 8. The Labute approximate surface area is 324 Å². The fraction of sp³-hybridized carbons (Fsp3) is 0. The van der Waals surface area contributed by atoms with E-state index in [1.54, 1.807) is 0 Å². The summed E-state index contributed by atoms with van der Waals surface area (Å²) in [6.07, 6.45) is 0. The first-order valence-corrected chi connectivity index (χ1v) is 19.0. The molecule has 11 aromatic rings. The van der Waals surface area contributed by atoms with Crippen LogP contribution in [-0.2, 0) is 0 Å². The SMILES string of the molecule is c1ccc(-c2ccc3c4ccc(-c5ccccc5)cc4n(-c4ccc5c(c4)c4c(-c6ccccc6)nc(-c6ccccc6)nc4n5-c4ccccc4)c3c2)cc1. The predicted octanol–water partition coefficient (Wildman–Crippen LogP) is 13.3. The largest absolute Gasteiger partial charge is 0.309 e. The molecule has 0 spiro atoms. The normalized spacial score (nSPS) is 11.6. The number of fused-ring (bicyclic) bond motifs is 6. The molecule has 0 saturated heterocycles. The molecular weight excluding hydrogens is 681 g/mol. The van der Waals surface area contributed by atoms with E-state index in [1.165, 1.54) is 33.0 Å². The lowest BCUT2D eigenvalue weighted by molar-refractivity contribution is 1.11. The van der Waals surface area contributed by atoms with E-state index in [0.717, 1.165) is 61.2 Å². The lowest BCUT2D eigenvalue weighted by atomic mass is 10.0. The molecule has 0 amide bonds. The summed E-state index contributed by atoms with van der Waals surface area (Å²) in [5, 5.41) is 4.54. The molecule has 0 aliphatic carbocycles. The van der Waals surface area contributed by atoms with Crippen LogP contribution in [0, 0.1) is 0 Å². The van der Waals surface area contributed by atoms with E-state index < -0.39 is 0 Å². The maximum absolute atomic E-state index is 5.37. The number of hydrogen-bond donors (Lipinski definition) is 0. The smallest absolute Gasteiger partial charge is 0.162 e. The van der Waals surface area contributed by atoms with Crippen molar-refractivity contribution in [2.75, 3.05) is 0 Å². The summed E-state index contributed by atoms with van der Waals surface area (Å²) in [4.78, 5) is 10.7. The zero-order valence-electron chi connectivity index (χ0n) is 30.4. The fourth-order valence-electron chi connectivity index (χ4n) is 8.31. The van der Waals surface area contributed by atoms with Gasteiger partial charge in [-0.1, -0.05) is 164 Å². The minimum Gasteiger partial charge on any atom is -0.309 e. The molecule has 0 radical (unpaired) electrons. The quantitative estimate of drug-likeness (QED) is 0.172. The highest BCUT2D eigenvalue weighted by Gasteiger charge is 2.23. The summed E-state index contributed by atoms with van der Waals surface area (Å²) in [5.41, 5.74) is 14.1. The number of hydrogen-bond acceptors (Lipinski definition) is 2. The van der Waals surface area contributed by atoms with Gasteiger partial charge in [0, 0.05) is 38.7 Å². The van der Waals surface area contributed by atoms with Crippen molar-refractivity contribution in [3.8, 4) is 56.3 Å². The fourth-order valence-corrected chi connectivity index (χ4v) is 8.31. The van der Waals surface area contributed by atoms with Gasteiger partial charge in [-0.2, -0.15) is 0 Å². The Hall–Kier alpha value is -7.56. The van der Waals surface area contributed by atoms with E-state index in [0.29, 0.717) is 5.82 Å². The molecular formula is C52H34N4. The Morgan fingerprint density at radius 3 is 1.36 bits per heavy atom. The van der Waals surface area contributed by atoms with E-state index in [2.05, 4.69) is 197 Å². The van der Waals surface area contributed by atoms with Crippen LogP contribution >= 0.6 is 0 Å². The molecule has 56 heavy (non-hydrogen) atoms. The number of aromatic nitrogens is 4. The molecule has 0 aliphatic heterocycles. The second-order valence-corrected chi connectivity index (χ2v) is 14.2. The first-order chi connectivity index (χ1) is 27.8. The average molecular weight is 715 g/mol. The van der Waals surface area contributed by atoms with E-state index in [4.69, 9.17) is 9.97 Å². The second kappa shape index (κ2) is 13.1. The van der Waals surface area contributed by atoms with Crippen LogP contribution in [0.1, 0.15) is 0 Å². The number of rotatable bonds is 6. The third kappa shape index (κ3) is 5.23. The molecule has 4 nitrogen and oxygen atoms in total. The summed E-state index contributed by atoms with van der Waals surface area (Å²) in [6.45, 7) is 0. The lowest BCUT2D eigenvalue weighted by Gasteiger charge is -2.11. The van der Waals surface area contributed by atoms with E-state index >= 15 is 0 Å². The summed E-state index contributed by atoms with van der Waals surface area (Å²) in [7, 11) is 0. The van der Waals surface area contributed by atoms with Gasteiger partial charge in [0.05, 0.1) is 27.6 Å². The van der Waals surface area contributed by atoms with Crippen LogP contribution in [0.25, 0.3) is 100 Å². The van der Waals surface area contributed by atoms with Gasteiger partial charge in [0.15, 0.2) is 5.82 Å². The van der Waals surface area contributed by atoms with Crippen LogP contribution in [0.5, 0.6) is 0 Å². The topological polar surface area (TPSA) is 35.6 Å². The molecule has 0 N–H and O–H groups in total. The van der Waals surface area contributed by atoms with E-state index in [-0.39, 0.29) is 0 Å². The highest BCUT2D eigenvalue weighted by molar-refractivity contribution is 6.16. The zero-order valence-corrected chi connectivity index (χ0v) is 30.4. The van der Waals surface area contributed by atoms with Crippen LogP contribution < -0.4 is 0 Å². The van der Waals surface area contributed by atoms with Gasteiger partial charge in [-0.25, -0.2) is 9.97 Å². The summed E-state index contributed by atoms with van der Waals surface area (Å²) < 4.78 is 4.73. The van der Waals surface area contributed by atoms with Crippen LogP contribution in [0.2, 0.25) is 0 Å². The van der Waals surface area contributed by atoms with Gasteiger partial charge < -0.3 is 4.57 Å². The third-order valence-corrected chi connectivity index (χ3v) is 10.9. The van der Waals surface area contributed by atoms with Gasteiger partial charge in [-0.05, 0) is 64.7 Å². The first-order valence-electron chi connectivity index (χ1n) is 19.0. The maximum Gasteiger partial charge on any atom is 0.162 e. The Bertz CT molecular complexity index is 3110. The Kier molecular flexibility index (Phi) is 7.46. The summed E-state index contributed by atoms with van der Waals surface area (Å²) in [5.74, 6) is 0.696. The van der Waals surface area contributed by atoms with Crippen molar-refractivity contribution < 1.29 is 0 Å². The summed E-state index contributed by atoms with van der Waals surface area (Å²) >= 11 is 0. The van der Waals surface area contributed by atoms with E-state index in [1.807, 2.05) is 18.2 Å². The van der Waals surface area contributed by atoms with Gasteiger partial charge >= 0.3 is 0 Å². The van der Waals surface area contributed by atoms with Crippen molar-refractivity contribution in [3.05, 3.63) is 206 Å². The van der Waals surface area contributed by atoms with Gasteiger partial charge in [-0.15, -0.1) is 0 Å². The standard InChI is InChI=1S/C52H34N4/c1-6-16-35(17-7-1)39-26-29-43-44-30-27-40(36-18-8-2-9-19-36)33-48(44)55(47(43)32-39)42-28-31-46-45(34-42)49-50(37-20-10-3-11-21-37)53-51(38-22-12-4-13-23-38)54-52(49)56(46)41-24-14-5-15-25-41/h1-34H. The molecule has 11 rings (SSSR count). The molecule has 8 aromatic carbocycles. The molecule has 0 unspecified atom stereocenters. The summed E-state index contributed by atoms with van der Waals surface area (Å²) in [6, 6.07) is 73.2. The lowest BCUT2D eigenvalue weighted by Crippen LogP contribution is -1.99. The zero-order chi connectivity index (χ0) is 37.0. The predicted molar refractivity (Wildman–Crippen MR) is 232 cm³/mol. The molecule has 4 heteroatoms. The molecule has 262 valence electrons. The van der Waals surface area contributed by atoms with Crippen LogP contribution in [-0.4, -0.2) is 19.1 Å². The van der Waals surface area contributed by atoms with E-state index in [9.17, 15) is 0 Å².